The van der Waals surface area contributed by atoms with Crippen molar-refractivity contribution in [3.05, 3.63) is 35.6 Å². The Hall–Kier alpha value is -1.42. The van der Waals surface area contributed by atoms with Crippen LogP contribution in [-0.2, 0) is 11.3 Å². The molecule has 19 heavy (non-hydrogen) atoms. The summed E-state index contributed by atoms with van der Waals surface area (Å²) in [4.78, 5) is 14.1. The summed E-state index contributed by atoms with van der Waals surface area (Å²) in [5, 5.41) is 0. The second-order valence-corrected chi connectivity index (χ2v) is 5.43. The first-order valence-electron chi connectivity index (χ1n) is 6.84. The van der Waals surface area contributed by atoms with E-state index in [0.717, 1.165) is 18.4 Å². The molecule has 2 N–H and O–H groups in total. The lowest BCUT2D eigenvalue weighted by Gasteiger charge is -2.24. The van der Waals surface area contributed by atoms with Crippen molar-refractivity contribution < 1.29 is 9.18 Å². The van der Waals surface area contributed by atoms with Crippen LogP contribution in [0.4, 0.5) is 4.39 Å². The fourth-order valence-corrected chi connectivity index (χ4v) is 2.14. The van der Waals surface area contributed by atoms with Crippen molar-refractivity contribution in [3.63, 3.8) is 0 Å². The molecule has 3 nitrogen and oxygen atoms in total. The number of hydrogen-bond acceptors (Lipinski definition) is 2. The van der Waals surface area contributed by atoms with Crippen LogP contribution < -0.4 is 5.73 Å². The predicted octanol–water partition coefficient (Wildman–Crippen LogP) is 2.30. The maximum absolute atomic E-state index is 13.2. The molecular formula is C15H21FN2O. The Balaban J connectivity index is 2.02. The quantitative estimate of drug-likeness (QED) is 0.857. The number of rotatable bonds is 6. The Morgan fingerprint density at radius 3 is 2.84 bits per heavy atom. The maximum atomic E-state index is 13.2. The lowest BCUT2D eigenvalue weighted by Crippen LogP contribution is -2.34. The van der Waals surface area contributed by atoms with Gasteiger partial charge < -0.3 is 10.6 Å². The average Bonchev–Trinajstić information content (AvgIpc) is 3.20. The molecule has 0 radical (unpaired) electrons. The summed E-state index contributed by atoms with van der Waals surface area (Å²) in [6.07, 6.45) is 2.58. The minimum absolute atomic E-state index is 0.129. The smallest absolute Gasteiger partial charge is 0.223 e. The molecule has 0 aromatic heterocycles. The SMILES string of the molecule is CC(CN)CC(=O)N(Cc1cccc(F)c1)C1CC1. The lowest BCUT2D eigenvalue weighted by atomic mass is 10.1. The molecular weight excluding hydrogens is 243 g/mol. The van der Waals surface area contributed by atoms with Crippen LogP contribution in [0.15, 0.2) is 24.3 Å². The zero-order valence-electron chi connectivity index (χ0n) is 11.3. The van der Waals surface area contributed by atoms with E-state index in [-0.39, 0.29) is 17.6 Å². The summed E-state index contributed by atoms with van der Waals surface area (Å²) < 4.78 is 13.2. The van der Waals surface area contributed by atoms with E-state index in [1.165, 1.54) is 12.1 Å². The predicted molar refractivity (Wildman–Crippen MR) is 72.8 cm³/mol. The molecule has 1 aromatic rings. The van der Waals surface area contributed by atoms with Gasteiger partial charge in [0.25, 0.3) is 0 Å². The Labute approximate surface area is 113 Å². The van der Waals surface area contributed by atoms with Gasteiger partial charge in [0.2, 0.25) is 5.91 Å². The fraction of sp³-hybridized carbons (Fsp3) is 0.533. The van der Waals surface area contributed by atoms with Crippen molar-refractivity contribution in [2.45, 2.75) is 38.8 Å². The molecule has 1 aliphatic carbocycles. The van der Waals surface area contributed by atoms with E-state index in [9.17, 15) is 9.18 Å². The van der Waals surface area contributed by atoms with Crippen molar-refractivity contribution in [1.82, 2.24) is 4.90 Å². The molecule has 0 saturated heterocycles. The van der Waals surface area contributed by atoms with Gasteiger partial charge in [-0.05, 0) is 43.0 Å². The van der Waals surface area contributed by atoms with Gasteiger partial charge in [-0.3, -0.25) is 4.79 Å². The third-order valence-electron chi connectivity index (χ3n) is 3.48. The number of carbonyl (C=O) groups is 1. The first kappa shape index (κ1) is 14.0. The second-order valence-electron chi connectivity index (χ2n) is 5.43. The monoisotopic (exact) mass is 264 g/mol. The molecule has 1 amide bonds. The minimum atomic E-state index is -0.254. The van der Waals surface area contributed by atoms with E-state index in [1.54, 1.807) is 6.07 Å². The average molecular weight is 264 g/mol. The minimum Gasteiger partial charge on any atom is -0.335 e. The van der Waals surface area contributed by atoms with Crippen LogP contribution in [0.2, 0.25) is 0 Å². The van der Waals surface area contributed by atoms with E-state index in [0.29, 0.717) is 25.6 Å². The van der Waals surface area contributed by atoms with Crippen LogP contribution >= 0.6 is 0 Å². The molecule has 1 aliphatic rings. The van der Waals surface area contributed by atoms with Gasteiger partial charge in [-0.15, -0.1) is 0 Å². The van der Waals surface area contributed by atoms with Gasteiger partial charge in [0, 0.05) is 19.0 Å². The maximum Gasteiger partial charge on any atom is 0.223 e. The highest BCUT2D eigenvalue weighted by molar-refractivity contribution is 5.77. The molecule has 104 valence electrons. The number of carbonyl (C=O) groups excluding carboxylic acids is 1. The fourth-order valence-electron chi connectivity index (χ4n) is 2.14. The molecule has 0 spiro atoms. The van der Waals surface area contributed by atoms with E-state index in [4.69, 9.17) is 5.73 Å². The van der Waals surface area contributed by atoms with Gasteiger partial charge in [-0.2, -0.15) is 0 Å². The second kappa shape index (κ2) is 6.15. The molecule has 2 rings (SSSR count). The first-order chi connectivity index (χ1) is 9.10. The Bertz CT molecular complexity index is 446. The van der Waals surface area contributed by atoms with Gasteiger partial charge in [-0.1, -0.05) is 19.1 Å². The number of amides is 1. The van der Waals surface area contributed by atoms with Crippen molar-refractivity contribution in [2.75, 3.05) is 6.54 Å². The van der Waals surface area contributed by atoms with Gasteiger partial charge in [-0.25, -0.2) is 4.39 Å². The van der Waals surface area contributed by atoms with Crippen LogP contribution in [0.1, 0.15) is 31.7 Å². The van der Waals surface area contributed by atoms with Crippen molar-refractivity contribution in [3.8, 4) is 0 Å². The number of hydrogen-bond donors (Lipinski definition) is 1. The van der Waals surface area contributed by atoms with Crippen LogP contribution in [-0.4, -0.2) is 23.4 Å². The molecule has 0 aliphatic heterocycles. The summed E-state index contributed by atoms with van der Waals surface area (Å²) in [7, 11) is 0. The zero-order chi connectivity index (χ0) is 13.8. The highest BCUT2D eigenvalue weighted by atomic mass is 19.1. The summed E-state index contributed by atoms with van der Waals surface area (Å²) in [5.74, 6) is 0.0713. The third kappa shape index (κ3) is 4.03. The molecule has 1 unspecified atom stereocenters. The largest absolute Gasteiger partial charge is 0.335 e. The Kier molecular flexibility index (Phi) is 4.53. The van der Waals surface area contributed by atoms with Crippen LogP contribution in [0.3, 0.4) is 0 Å². The van der Waals surface area contributed by atoms with Crippen molar-refractivity contribution >= 4 is 5.91 Å². The topological polar surface area (TPSA) is 46.3 Å². The van der Waals surface area contributed by atoms with Crippen LogP contribution in [0.5, 0.6) is 0 Å². The summed E-state index contributed by atoms with van der Waals surface area (Å²) >= 11 is 0. The molecule has 0 bridgehead atoms. The molecule has 1 fully saturated rings. The van der Waals surface area contributed by atoms with Crippen LogP contribution in [0, 0.1) is 11.7 Å². The van der Waals surface area contributed by atoms with E-state index >= 15 is 0 Å². The van der Waals surface area contributed by atoms with Gasteiger partial charge in [0.05, 0.1) is 0 Å². The van der Waals surface area contributed by atoms with Gasteiger partial charge in [0.15, 0.2) is 0 Å². The molecule has 4 heteroatoms. The van der Waals surface area contributed by atoms with Crippen molar-refractivity contribution in [1.29, 1.82) is 0 Å². The number of nitrogens with two attached hydrogens (primary N) is 1. The highest BCUT2D eigenvalue weighted by Gasteiger charge is 2.32. The first-order valence-corrected chi connectivity index (χ1v) is 6.84. The summed E-state index contributed by atoms with van der Waals surface area (Å²) in [6, 6.07) is 6.79. The molecule has 1 aromatic carbocycles. The third-order valence-corrected chi connectivity index (χ3v) is 3.48. The van der Waals surface area contributed by atoms with E-state index in [2.05, 4.69) is 0 Å². The van der Waals surface area contributed by atoms with Gasteiger partial charge >= 0.3 is 0 Å². The van der Waals surface area contributed by atoms with E-state index < -0.39 is 0 Å². The van der Waals surface area contributed by atoms with Crippen molar-refractivity contribution in [2.24, 2.45) is 11.7 Å². The zero-order valence-corrected chi connectivity index (χ0v) is 11.3. The van der Waals surface area contributed by atoms with E-state index in [1.807, 2.05) is 17.9 Å². The Morgan fingerprint density at radius 1 is 1.53 bits per heavy atom. The number of benzene rings is 1. The molecule has 0 heterocycles. The number of halogens is 1. The molecule has 1 atom stereocenters. The lowest BCUT2D eigenvalue weighted by molar-refractivity contribution is -0.133. The number of nitrogens with zero attached hydrogens (tertiary/aromatic N) is 1. The van der Waals surface area contributed by atoms with Crippen LogP contribution in [0.25, 0.3) is 0 Å². The standard InChI is InChI=1S/C15H21FN2O/c1-11(9-17)7-15(19)18(14-5-6-14)10-12-3-2-4-13(16)8-12/h2-4,8,11,14H,5-7,9-10,17H2,1H3. The highest BCUT2D eigenvalue weighted by Crippen LogP contribution is 2.29. The normalized spacial score (nSPS) is 16.2. The summed E-state index contributed by atoms with van der Waals surface area (Å²) in [6.45, 7) is 2.99. The summed E-state index contributed by atoms with van der Waals surface area (Å²) in [5.41, 5.74) is 6.41. The molecule has 1 saturated carbocycles. The van der Waals surface area contributed by atoms with Gasteiger partial charge in [0.1, 0.15) is 5.82 Å². The Morgan fingerprint density at radius 2 is 2.26 bits per heavy atom.